The fourth-order valence-corrected chi connectivity index (χ4v) is 1.59. The van der Waals surface area contributed by atoms with Gasteiger partial charge in [-0.15, -0.1) is 0 Å². The van der Waals surface area contributed by atoms with Crippen LogP contribution in [0.4, 0.5) is 4.79 Å². The fraction of sp³-hybridized carbons (Fsp3) is 0.385. The van der Waals surface area contributed by atoms with Crippen molar-refractivity contribution in [3.63, 3.8) is 0 Å². The highest BCUT2D eigenvalue weighted by atomic mass is 16.5. The van der Waals surface area contributed by atoms with Crippen LogP contribution in [-0.4, -0.2) is 23.8 Å². The van der Waals surface area contributed by atoms with E-state index in [0.717, 1.165) is 16.7 Å². The van der Waals surface area contributed by atoms with Gasteiger partial charge < -0.3 is 15.2 Å². The predicted molar refractivity (Wildman–Crippen MR) is 66.4 cm³/mol. The number of nitrogens with one attached hydrogen (secondary N) is 1. The summed E-state index contributed by atoms with van der Waals surface area (Å²) in [6.07, 6.45) is -0.443. The molecule has 0 atom stereocenters. The van der Waals surface area contributed by atoms with Crippen molar-refractivity contribution in [2.75, 3.05) is 6.61 Å². The lowest BCUT2D eigenvalue weighted by molar-refractivity contribution is -0.136. The average molecular weight is 251 g/mol. The first-order valence-electron chi connectivity index (χ1n) is 5.73. The molecular weight excluding hydrogens is 234 g/mol. The van der Waals surface area contributed by atoms with E-state index in [9.17, 15) is 9.59 Å². The largest absolute Gasteiger partial charge is 0.481 e. The number of carbonyl (C=O) groups is 2. The maximum atomic E-state index is 11.1. The molecule has 0 aromatic heterocycles. The summed E-state index contributed by atoms with van der Waals surface area (Å²) in [5, 5.41) is 11.3. The standard InChI is InChI=1S/C13H17NO4/c1-3-18-13(17)14-8-10-4-5-11(7-12(15)16)9(2)6-10/h4-6H,3,7-8H2,1-2H3,(H,14,17)(H,15,16). The Balaban J connectivity index is 2.61. The number of carbonyl (C=O) groups excluding carboxylic acids is 1. The zero-order chi connectivity index (χ0) is 13.5. The van der Waals surface area contributed by atoms with Crippen LogP contribution in [0, 0.1) is 6.92 Å². The maximum Gasteiger partial charge on any atom is 0.407 e. The summed E-state index contributed by atoms with van der Waals surface area (Å²) in [5.74, 6) is -0.851. The second kappa shape index (κ2) is 6.64. The molecule has 0 saturated heterocycles. The summed E-state index contributed by atoms with van der Waals surface area (Å²) in [4.78, 5) is 21.7. The molecule has 1 aromatic carbocycles. The average Bonchev–Trinajstić information content (AvgIpc) is 2.29. The summed E-state index contributed by atoms with van der Waals surface area (Å²) in [5.41, 5.74) is 2.60. The summed E-state index contributed by atoms with van der Waals surface area (Å²) >= 11 is 0. The Kier molecular flexibility index (Phi) is 5.17. The van der Waals surface area contributed by atoms with Crippen molar-refractivity contribution in [1.29, 1.82) is 0 Å². The normalized spacial score (nSPS) is 9.89. The molecule has 0 fully saturated rings. The van der Waals surface area contributed by atoms with E-state index in [-0.39, 0.29) is 6.42 Å². The molecule has 1 amide bonds. The van der Waals surface area contributed by atoms with Gasteiger partial charge in [0, 0.05) is 6.54 Å². The van der Waals surface area contributed by atoms with E-state index >= 15 is 0 Å². The zero-order valence-corrected chi connectivity index (χ0v) is 10.5. The van der Waals surface area contributed by atoms with Crippen molar-refractivity contribution in [3.05, 3.63) is 34.9 Å². The number of benzene rings is 1. The molecule has 18 heavy (non-hydrogen) atoms. The van der Waals surface area contributed by atoms with Gasteiger partial charge in [-0.3, -0.25) is 4.79 Å². The van der Waals surface area contributed by atoms with E-state index in [1.165, 1.54) is 0 Å². The number of alkyl carbamates (subject to hydrolysis) is 1. The zero-order valence-electron chi connectivity index (χ0n) is 10.5. The maximum absolute atomic E-state index is 11.1. The smallest absolute Gasteiger partial charge is 0.407 e. The summed E-state index contributed by atoms with van der Waals surface area (Å²) in [6.45, 7) is 4.30. The van der Waals surface area contributed by atoms with E-state index < -0.39 is 12.1 Å². The Labute approximate surface area is 106 Å². The van der Waals surface area contributed by atoms with Crippen LogP contribution in [0.5, 0.6) is 0 Å². The molecule has 98 valence electrons. The van der Waals surface area contributed by atoms with E-state index in [4.69, 9.17) is 9.84 Å². The number of amides is 1. The Bertz CT molecular complexity index is 443. The molecule has 2 N–H and O–H groups in total. The minimum atomic E-state index is -0.851. The molecule has 5 nitrogen and oxygen atoms in total. The topological polar surface area (TPSA) is 75.6 Å². The Hall–Kier alpha value is -2.04. The highest BCUT2D eigenvalue weighted by Gasteiger charge is 2.06. The van der Waals surface area contributed by atoms with Gasteiger partial charge in [0.05, 0.1) is 13.0 Å². The van der Waals surface area contributed by atoms with Gasteiger partial charge in [0.25, 0.3) is 0 Å². The van der Waals surface area contributed by atoms with Gasteiger partial charge in [-0.1, -0.05) is 18.2 Å². The molecule has 0 aliphatic rings. The SMILES string of the molecule is CCOC(=O)NCc1ccc(CC(=O)O)c(C)c1. The second-order valence-corrected chi connectivity index (χ2v) is 3.91. The lowest BCUT2D eigenvalue weighted by atomic mass is 10.0. The predicted octanol–water partition coefficient (Wildman–Crippen LogP) is 1.87. The highest BCUT2D eigenvalue weighted by molar-refractivity contribution is 5.70. The lowest BCUT2D eigenvalue weighted by Crippen LogP contribution is -2.23. The number of carboxylic acid groups (broad SMARTS) is 1. The number of hydrogen-bond acceptors (Lipinski definition) is 3. The van der Waals surface area contributed by atoms with Crippen LogP contribution in [0.25, 0.3) is 0 Å². The van der Waals surface area contributed by atoms with E-state index in [1.807, 2.05) is 13.0 Å². The molecule has 0 aliphatic heterocycles. The number of ether oxygens (including phenoxy) is 1. The number of hydrogen-bond donors (Lipinski definition) is 2. The Morgan fingerprint density at radius 2 is 2.11 bits per heavy atom. The third-order valence-electron chi connectivity index (χ3n) is 2.46. The van der Waals surface area contributed by atoms with E-state index in [0.29, 0.717) is 13.2 Å². The second-order valence-electron chi connectivity index (χ2n) is 3.91. The molecule has 5 heteroatoms. The minimum Gasteiger partial charge on any atom is -0.481 e. The van der Waals surface area contributed by atoms with Gasteiger partial charge in [0.2, 0.25) is 0 Å². The van der Waals surface area contributed by atoms with Gasteiger partial charge in [0.1, 0.15) is 0 Å². The van der Waals surface area contributed by atoms with Gasteiger partial charge in [-0.05, 0) is 30.5 Å². The van der Waals surface area contributed by atoms with Gasteiger partial charge in [-0.2, -0.15) is 0 Å². The van der Waals surface area contributed by atoms with Crippen LogP contribution in [0.3, 0.4) is 0 Å². The first-order chi connectivity index (χ1) is 8.52. The van der Waals surface area contributed by atoms with Crippen LogP contribution >= 0.6 is 0 Å². The lowest BCUT2D eigenvalue weighted by Gasteiger charge is -2.08. The summed E-state index contributed by atoms with van der Waals surface area (Å²) in [7, 11) is 0. The molecule has 0 unspecified atom stereocenters. The van der Waals surface area contributed by atoms with E-state index in [2.05, 4.69) is 5.32 Å². The Morgan fingerprint density at radius 1 is 1.39 bits per heavy atom. The van der Waals surface area contributed by atoms with Crippen molar-refractivity contribution in [1.82, 2.24) is 5.32 Å². The van der Waals surface area contributed by atoms with Crippen molar-refractivity contribution < 1.29 is 19.4 Å². The third-order valence-corrected chi connectivity index (χ3v) is 2.46. The van der Waals surface area contributed by atoms with Gasteiger partial charge >= 0.3 is 12.1 Å². The number of carboxylic acids is 1. The van der Waals surface area contributed by atoms with Crippen molar-refractivity contribution >= 4 is 12.1 Å². The first-order valence-corrected chi connectivity index (χ1v) is 5.73. The van der Waals surface area contributed by atoms with Gasteiger partial charge in [-0.25, -0.2) is 4.79 Å². The molecule has 0 heterocycles. The minimum absolute atomic E-state index is 0.0113. The van der Waals surface area contributed by atoms with Crippen molar-refractivity contribution in [3.8, 4) is 0 Å². The summed E-state index contributed by atoms with van der Waals surface area (Å²) < 4.78 is 4.74. The van der Waals surface area contributed by atoms with Crippen LogP contribution in [0.2, 0.25) is 0 Å². The molecule has 1 aromatic rings. The number of aryl methyl sites for hydroxylation is 1. The molecule has 0 saturated carbocycles. The van der Waals surface area contributed by atoms with Crippen LogP contribution in [0.1, 0.15) is 23.6 Å². The number of rotatable bonds is 5. The van der Waals surface area contributed by atoms with E-state index in [1.54, 1.807) is 19.1 Å². The monoisotopic (exact) mass is 251 g/mol. The molecule has 0 aliphatic carbocycles. The number of aliphatic carboxylic acids is 1. The molecule has 0 spiro atoms. The third kappa shape index (κ3) is 4.45. The van der Waals surface area contributed by atoms with Crippen LogP contribution in [0.15, 0.2) is 18.2 Å². The summed E-state index contributed by atoms with van der Waals surface area (Å²) in [6, 6.07) is 5.44. The molecule has 1 rings (SSSR count). The molecular formula is C13H17NO4. The van der Waals surface area contributed by atoms with Gasteiger partial charge in [0.15, 0.2) is 0 Å². The highest BCUT2D eigenvalue weighted by Crippen LogP contribution is 2.12. The fourth-order valence-electron chi connectivity index (χ4n) is 1.59. The van der Waals surface area contributed by atoms with Crippen LogP contribution < -0.4 is 5.32 Å². The quantitative estimate of drug-likeness (QED) is 0.837. The first kappa shape index (κ1) is 14.0. The van der Waals surface area contributed by atoms with Crippen LogP contribution in [-0.2, 0) is 22.5 Å². The van der Waals surface area contributed by atoms with Crippen molar-refractivity contribution in [2.24, 2.45) is 0 Å². The molecule has 0 radical (unpaired) electrons. The molecule has 0 bridgehead atoms. The van der Waals surface area contributed by atoms with Crippen molar-refractivity contribution in [2.45, 2.75) is 26.8 Å². The Morgan fingerprint density at radius 3 is 2.67 bits per heavy atom.